The number of amides is 2. The molecule has 0 saturated carbocycles. The molecule has 0 bridgehead atoms. The summed E-state index contributed by atoms with van der Waals surface area (Å²) < 4.78 is 12.7. The molecule has 1 aliphatic rings. The van der Waals surface area contributed by atoms with Crippen LogP contribution in [-0.2, 0) is 0 Å². The first kappa shape index (κ1) is 12.2. The Balaban J connectivity index is 1.94. The van der Waals surface area contributed by atoms with E-state index in [2.05, 4.69) is 12.2 Å². The van der Waals surface area contributed by atoms with Crippen LogP contribution in [0.3, 0.4) is 0 Å². The lowest BCUT2D eigenvalue weighted by atomic mass is 10.3. The van der Waals surface area contributed by atoms with E-state index in [0.29, 0.717) is 10.9 Å². The number of thioether (sulfide) groups is 1. The average molecular weight is 254 g/mol. The van der Waals surface area contributed by atoms with Crippen LogP contribution in [-0.4, -0.2) is 35.0 Å². The minimum Gasteiger partial charge on any atom is -0.323 e. The van der Waals surface area contributed by atoms with Gasteiger partial charge in [-0.1, -0.05) is 6.92 Å². The molecule has 92 valence electrons. The van der Waals surface area contributed by atoms with Crippen molar-refractivity contribution < 1.29 is 9.18 Å². The quantitative estimate of drug-likeness (QED) is 0.835. The summed E-state index contributed by atoms with van der Waals surface area (Å²) in [6, 6.07) is 5.70. The van der Waals surface area contributed by atoms with E-state index in [4.69, 9.17) is 0 Å². The van der Waals surface area contributed by atoms with Gasteiger partial charge in [-0.25, -0.2) is 9.18 Å². The molecular weight excluding hydrogens is 239 g/mol. The highest BCUT2D eigenvalue weighted by Crippen LogP contribution is 2.18. The zero-order valence-corrected chi connectivity index (χ0v) is 10.5. The average Bonchev–Trinajstić information content (AvgIpc) is 2.32. The molecule has 1 aromatic carbocycles. The molecule has 1 aliphatic heterocycles. The summed E-state index contributed by atoms with van der Waals surface area (Å²) in [5, 5.41) is 3.25. The van der Waals surface area contributed by atoms with Gasteiger partial charge in [-0.05, 0) is 24.3 Å². The fourth-order valence-corrected chi connectivity index (χ4v) is 2.75. The first-order chi connectivity index (χ1) is 8.15. The molecule has 1 saturated heterocycles. The Kier molecular flexibility index (Phi) is 3.89. The van der Waals surface area contributed by atoms with E-state index in [-0.39, 0.29) is 11.8 Å². The third kappa shape index (κ3) is 3.36. The van der Waals surface area contributed by atoms with Crippen molar-refractivity contribution in [3.8, 4) is 0 Å². The molecule has 1 heterocycles. The largest absolute Gasteiger partial charge is 0.323 e. The number of benzene rings is 1. The van der Waals surface area contributed by atoms with Crippen LogP contribution < -0.4 is 5.32 Å². The number of urea groups is 1. The molecule has 0 aliphatic carbocycles. The van der Waals surface area contributed by atoms with E-state index in [1.165, 1.54) is 12.1 Å². The Bertz CT molecular complexity index is 396. The highest BCUT2D eigenvalue weighted by molar-refractivity contribution is 7.99. The highest BCUT2D eigenvalue weighted by Gasteiger charge is 2.21. The zero-order valence-electron chi connectivity index (χ0n) is 9.65. The van der Waals surface area contributed by atoms with E-state index in [9.17, 15) is 9.18 Å². The molecule has 5 heteroatoms. The van der Waals surface area contributed by atoms with Gasteiger partial charge in [0.1, 0.15) is 5.82 Å². The summed E-state index contributed by atoms with van der Waals surface area (Å²) in [6.07, 6.45) is 0. The molecular formula is C12H15FN2OS. The van der Waals surface area contributed by atoms with Crippen LogP contribution in [0.4, 0.5) is 14.9 Å². The van der Waals surface area contributed by atoms with Gasteiger partial charge in [-0.15, -0.1) is 0 Å². The van der Waals surface area contributed by atoms with Crippen LogP contribution >= 0.6 is 11.8 Å². The fraction of sp³-hybridized carbons (Fsp3) is 0.417. The second-order valence-electron chi connectivity index (χ2n) is 4.06. The molecule has 1 N–H and O–H groups in total. The third-order valence-corrected chi connectivity index (χ3v) is 3.76. The van der Waals surface area contributed by atoms with Gasteiger partial charge in [0, 0.05) is 29.8 Å². The number of halogens is 1. The standard InChI is InChI=1S/C12H15FN2OS/c1-9-8-15(6-7-17-9)12(16)14-11-4-2-10(13)3-5-11/h2-5,9H,6-8H2,1H3,(H,14,16). The van der Waals surface area contributed by atoms with Crippen molar-refractivity contribution in [1.29, 1.82) is 0 Å². The van der Waals surface area contributed by atoms with Crippen LogP contribution in [0.1, 0.15) is 6.92 Å². The fourth-order valence-electron chi connectivity index (χ4n) is 1.74. The molecule has 0 aromatic heterocycles. The van der Waals surface area contributed by atoms with Crippen LogP contribution in [0.2, 0.25) is 0 Å². The molecule has 3 nitrogen and oxygen atoms in total. The molecule has 2 amide bonds. The van der Waals surface area contributed by atoms with Gasteiger partial charge in [-0.3, -0.25) is 0 Å². The van der Waals surface area contributed by atoms with Gasteiger partial charge in [-0.2, -0.15) is 11.8 Å². The predicted octanol–water partition coefficient (Wildman–Crippen LogP) is 2.79. The molecule has 1 unspecified atom stereocenters. The maximum absolute atomic E-state index is 12.7. The van der Waals surface area contributed by atoms with Crippen molar-refractivity contribution in [3.05, 3.63) is 30.1 Å². The Morgan fingerprint density at radius 2 is 2.18 bits per heavy atom. The lowest BCUT2D eigenvalue weighted by molar-refractivity contribution is 0.214. The summed E-state index contributed by atoms with van der Waals surface area (Å²) in [7, 11) is 0. The number of anilines is 1. The van der Waals surface area contributed by atoms with E-state index < -0.39 is 0 Å². The first-order valence-corrected chi connectivity index (χ1v) is 6.63. The van der Waals surface area contributed by atoms with Gasteiger partial charge in [0.2, 0.25) is 0 Å². The van der Waals surface area contributed by atoms with Crippen molar-refractivity contribution in [3.63, 3.8) is 0 Å². The predicted molar refractivity (Wildman–Crippen MR) is 68.9 cm³/mol. The highest BCUT2D eigenvalue weighted by atomic mass is 32.2. The molecule has 0 radical (unpaired) electrons. The van der Waals surface area contributed by atoms with Gasteiger partial charge < -0.3 is 10.2 Å². The Morgan fingerprint density at radius 3 is 2.82 bits per heavy atom. The number of nitrogens with zero attached hydrogens (tertiary/aromatic N) is 1. The summed E-state index contributed by atoms with van der Waals surface area (Å²) in [4.78, 5) is 13.7. The van der Waals surface area contributed by atoms with Crippen molar-refractivity contribution >= 4 is 23.5 Å². The van der Waals surface area contributed by atoms with Crippen LogP contribution in [0, 0.1) is 5.82 Å². The maximum Gasteiger partial charge on any atom is 0.321 e. The monoisotopic (exact) mass is 254 g/mol. The lowest BCUT2D eigenvalue weighted by Crippen LogP contribution is -2.43. The third-order valence-electron chi connectivity index (χ3n) is 2.62. The number of carbonyl (C=O) groups excluding carboxylic acids is 1. The SMILES string of the molecule is CC1CN(C(=O)Nc2ccc(F)cc2)CCS1. The number of carbonyl (C=O) groups is 1. The minimum absolute atomic E-state index is 0.108. The molecule has 17 heavy (non-hydrogen) atoms. The van der Waals surface area contributed by atoms with Crippen LogP contribution in [0.15, 0.2) is 24.3 Å². The van der Waals surface area contributed by atoms with E-state index in [0.717, 1.165) is 18.8 Å². The molecule has 0 spiro atoms. The van der Waals surface area contributed by atoms with Crippen LogP contribution in [0.25, 0.3) is 0 Å². The summed E-state index contributed by atoms with van der Waals surface area (Å²) in [5.41, 5.74) is 0.627. The molecule has 1 aromatic rings. The Morgan fingerprint density at radius 1 is 1.47 bits per heavy atom. The van der Waals surface area contributed by atoms with Gasteiger partial charge in [0.25, 0.3) is 0 Å². The second kappa shape index (κ2) is 5.40. The molecule has 1 atom stereocenters. The van der Waals surface area contributed by atoms with Crippen molar-refractivity contribution in [1.82, 2.24) is 4.90 Å². The number of hydrogen-bond acceptors (Lipinski definition) is 2. The first-order valence-electron chi connectivity index (χ1n) is 5.58. The summed E-state index contributed by atoms with van der Waals surface area (Å²) in [5.74, 6) is 0.670. The normalized spacial score (nSPS) is 20.1. The van der Waals surface area contributed by atoms with E-state index in [1.54, 1.807) is 17.0 Å². The van der Waals surface area contributed by atoms with E-state index in [1.807, 2.05) is 11.8 Å². The number of rotatable bonds is 1. The topological polar surface area (TPSA) is 32.3 Å². The summed E-state index contributed by atoms with van der Waals surface area (Å²) in [6.45, 7) is 3.64. The van der Waals surface area contributed by atoms with Gasteiger partial charge in [0.05, 0.1) is 0 Å². The maximum atomic E-state index is 12.7. The van der Waals surface area contributed by atoms with Gasteiger partial charge in [0.15, 0.2) is 0 Å². The molecule has 1 fully saturated rings. The van der Waals surface area contributed by atoms with Gasteiger partial charge >= 0.3 is 6.03 Å². The number of nitrogens with one attached hydrogen (secondary N) is 1. The molecule has 2 rings (SSSR count). The summed E-state index contributed by atoms with van der Waals surface area (Å²) >= 11 is 1.88. The Hall–Kier alpha value is -1.23. The second-order valence-corrected chi connectivity index (χ2v) is 5.61. The van der Waals surface area contributed by atoms with E-state index >= 15 is 0 Å². The van der Waals surface area contributed by atoms with Crippen molar-refractivity contribution in [2.45, 2.75) is 12.2 Å². The lowest BCUT2D eigenvalue weighted by Gasteiger charge is -2.30. The number of hydrogen-bond donors (Lipinski definition) is 1. The van der Waals surface area contributed by atoms with Crippen molar-refractivity contribution in [2.75, 3.05) is 24.2 Å². The smallest absolute Gasteiger partial charge is 0.321 e. The minimum atomic E-state index is -0.300. The zero-order chi connectivity index (χ0) is 12.3. The Labute approximate surface area is 104 Å². The van der Waals surface area contributed by atoms with Crippen LogP contribution in [0.5, 0.6) is 0 Å². The van der Waals surface area contributed by atoms with Crippen molar-refractivity contribution in [2.24, 2.45) is 0 Å².